The van der Waals surface area contributed by atoms with Gasteiger partial charge >= 0.3 is 0 Å². The van der Waals surface area contributed by atoms with Gasteiger partial charge in [-0.25, -0.2) is 13.4 Å². The summed E-state index contributed by atoms with van der Waals surface area (Å²) >= 11 is 5.29. The number of hydrogen-bond donors (Lipinski definition) is 2. The van der Waals surface area contributed by atoms with Crippen LogP contribution in [-0.2, 0) is 24.4 Å². The summed E-state index contributed by atoms with van der Waals surface area (Å²) in [6.07, 6.45) is 8.53. The lowest BCUT2D eigenvalue weighted by molar-refractivity contribution is -0.142. The van der Waals surface area contributed by atoms with E-state index in [0.717, 1.165) is 36.6 Å². The number of rotatable bonds is 10. The monoisotopic (exact) mass is 827 g/mol. The number of aromatic nitrogens is 2. The van der Waals surface area contributed by atoms with Gasteiger partial charge in [0.15, 0.2) is 11.6 Å². The molecule has 1 saturated heterocycles. The fraction of sp³-hybridized carbons (Fsp3) is 0.488. The average molecular weight is 828 g/mol. The van der Waals surface area contributed by atoms with E-state index < -0.39 is 44.7 Å². The summed E-state index contributed by atoms with van der Waals surface area (Å²) in [5.74, 6) is -0.832. The van der Waals surface area contributed by atoms with Crippen molar-refractivity contribution in [2.24, 2.45) is 23.0 Å². The summed E-state index contributed by atoms with van der Waals surface area (Å²) in [5, 5.41) is 0.180. The number of amides is 2. The second-order valence-corrected chi connectivity index (χ2v) is 19.0. The molecule has 0 bridgehead atoms. The molecule has 4 aliphatic rings. The standard InChI is InChI=1S/C43H49N5O8S2/c1-25(2)54-29-16-14-26(15-17-29)39-45-37-32-12-8-9-13-35(32)56-38(37)40(46-39)55-30-21-33-34(49)23-43(42(51)47-58(52,53)31-18-19-31)22-28(43)11-7-5-3-4-6-10-27(20-36(44)57)41(50)48(33)24-30/h7-9,11-17,25,27-28,30-31,33H,3-6,10,18-24H2,1-2H3,(H2,44,57)(H,47,51)/b11-7-/t27-,28-,30-,33+,43-/m1/s1. The number of sulfonamides is 1. The van der Waals surface area contributed by atoms with Gasteiger partial charge in [-0.15, -0.1) is 0 Å². The number of para-hydroxylation sites is 1. The van der Waals surface area contributed by atoms with Crippen LogP contribution in [0.25, 0.3) is 33.5 Å². The Bertz CT molecular complexity index is 2390. The lowest BCUT2D eigenvalue weighted by atomic mass is 9.90. The van der Waals surface area contributed by atoms with Crippen LogP contribution in [-0.4, -0.2) is 75.9 Å². The number of Topliss-reactive ketones (excluding diaryl/α,β-unsaturated/α-hetero) is 1. The second-order valence-electron chi connectivity index (χ2n) is 16.5. The Morgan fingerprint density at radius 1 is 1.07 bits per heavy atom. The maximum Gasteiger partial charge on any atom is 0.262 e. The van der Waals surface area contributed by atoms with Crippen molar-refractivity contribution in [3.8, 4) is 23.0 Å². The molecule has 0 radical (unpaired) electrons. The number of carbonyl (C=O) groups excluding carboxylic acids is 3. The van der Waals surface area contributed by atoms with E-state index in [-0.39, 0.29) is 60.4 Å². The molecule has 2 aromatic carbocycles. The number of thiocarbonyl (C=S) groups is 1. The largest absolute Gasteiger partial charge is 0.491 e. The van der Waals surface area contributed by atoms with Gasteiger partial charge < -0.3 is 24.5 Å². The number of carbonyl (C=O) groups is 3. The summed E-state index contributed by atoms with van der Waals surface area (Å²) in [6.45, 7) is 3.97. The van der Waals surface area contributed by atoms with Gasteiger partial charge in [-0.1, -0.05) is 49.3 Å². The molecule has 0 unspecified atom stereocenters. The van der Waals surface area contributed by atoms with Crippen molar-refractivity contribution < 1.29 is 36.7 Å². The maximum absolute atomic E-state index is 14.6. The van der Waals surface area contributed by atoms with Crippen LogP contribution in [0.3, 0.4) is 0 Å². The first kappa shape index (κ1) is 39.9. The molecular weight excluding hydrogens is 779 g/mol. The van der Waals surface area contributed by atoms with Crippen LogP contribution in [0.5, 0.6) is 11.6 Å². The molecule has 3 fully saturated rings. The minimum absolute atomic E-state index is 0.00558. The molecule has 2 aliphatic heterocycles. The van der Waals surface area contributed by atoms with Crippen LogP contribution in [0.1, 0.15) is 84.5 Å². The van der Waals surface area contributed by atoms with E-state index in [9.17, 15) is 22.8 Å². The fourth-order valence-electron chi connectivity index (χ4n) is 8.45. The Morgan fingerprint density at radius 3 is 2.59 bits per heavy atom. The van der Waals surface area contributed by atoms with E-state index in [0.29, 0.717) is 53.9 Å². The molecule has 2 aromatic heterocycles. The topological polar surface area (TPSA) is 184 Å². The Labute approximate surface area is 343 Å². The summed E-state index contributed by atoms with van der Waals surface area (Å²) < 4.78 is 47.0. The van der Waals surface area contributed by atoms with Crippen LogP contribution in [0, 0.1) is 17.3 Å². The number of furan rings is 1. The summed E-state index contributed by atoms with van der Waals surface area (Å²) in [5.41, 5.74) is 6.99. The number of nitrogens with zero attached hydrogens (tertiary/aromatic N) is 3. The van der Waals surface area contributed by atoms with Crippen molar-refractivity contribution >= 4 is 66.9 Å². The first-order valence-corrected chi connectivity index (χ1v) is 22.2. The number of hydrogen-bond acceptors (Lipinski definition) is 11. The highest BCUT2D eigenvalue weighted by Gasteiger charge is 2.61. The number of allylic oxidation sites excluding steroid dienone is 2. The number of ketones is 1. The highest BCUT2D eigenvalue weighted by Crippen LogP contribution is 2.57. The highest BCUT2D eigenvalue weighted by atomic mass is 32.2. The number of nitrogens with one attached hydrogen (secondary N) is 1. The molecule has 3 N–H and O–H groups in total. The highest BCUT2D eigenvalue weighted by molar-refractivity contribution is 7.91. The van der Waals surface area contributed by atoms with Gasteiger partial charge in [0.2, 0.25) is 27.4 Å². The first-order valence-electron chi connectivity index (χ1n) is 20.3. The Morgan fingerprint density at radius 2 is 1.84 bits per heavy atom. The van der Waals surface area contributed by atoms with E-state index in [1.807, 2.05) is 74.5 Å². The average Bonchev–Trinajstić information content (AvgIpc) is 4.08. The normalized spacial score (nSPS) is 26.1. The van der Waals surface area contributed by atoms with E-state index in [1.165, 1.54) is 0 Å². The van der Waals surface area contributed by atoms with Crippen LogP contribution >= 0.6 is 12.2 Å². The van der Waals surface area contributed by atoms with Gasteiger partial charge in [0, 0.05) is 36.1 Å². The molecule has 4 heterocycles. The van der Waals surface area contributed by atoms with Crippen molar-refractivity contribution in [1.29, 1.82) is 0 Å². The van der Waals surface area contributed by atoms with Crippen LogP contribution in [0.2, 0.25) is 0 Å². The predicted octanol–water partition coefficient (Wildman–Crippen LogP) is 6.57. The molecule has 8 rings (SSSR count). The lowest BCUT2D eigenvalue weighted by Crippen LogP contribution is -2.46. The third-order valence-corrected chi connectivity index (χ3v) is 13.7. The molecule has 5 atom stereocenters. The van der Waals surface area contributed by atoms with Crippen molar-refractivity contribution in [1.82, 2.24) is 19.6 Å². The van der Waals surface area contributed by atoms with Gasteiger partial charge in [-0.2, -0.15) is 4.98 Å². The predicted molar refractivity (Wildman–Crippen MR) is 222 cm³/mol. The maximum atomic E-state index is 14.6. The lowest BCUT2D eigenvalue weighted by Gasteiger charge is -2.29. The number of fused-ring (bicyclic) bond motifs is 5. The smallest absolute Gasteiger partial charge is 0.262 e. The van der Waals surface area contributed by atoms with Crippen molar-refractivity contribution in [2.45, 2.75) is 108 Å². The van der Waals surface area contributed by atoms with Crippen LogP contribution in [0.15, 0.2) is 65.1 Å². The van der Waals surface area contributed by atoms with Gasteiger partial charge in [0.25, 0.3) is 5.88 Å². The van der Waals surface area contributed by atoms with Crippen molar-refractivity contribution in [3.05, 3.63) is 60.7 Å². The molecule has 4 aromatic rings. The summed E-state index contributed by atoms with van der Waals surface area (Å²) in [7, 11) is -3.85. The molecule has 306 valence electrons. The van der Waals surface area contributed by atoms with Gasteiger partial charge in [-0.3, -0.25) is 19.1 Å². The van der Waals surface area contributed by atoms with Crippen molar-refractivity contribution in [2.75, 3.05) is 6.54 Å². The fourth-order valence-corrected chi connectivity index (χ4v) is 10.0. The zero-order valence-electron chi connectivity index (χ0n) is 32.7. The Kier molecular flexibility index (Phi) is 11.0. The molecular formula is C43H49N5O8S2. The van der Waals surface area contributed by atoms with Crippen LogP contribution in [0.4, 0.5) is 0 Å². The molecule has 13 nitrogen and oxygen atoms in total. The summed E-state index contributed by atoms with van der Waals surface area (Å²) in [6, 6.07) is 14.0. The van der Waals surface area contributed by atoms with Crippen LogP contribution < -0.4 is 19.9 Å². The van der Waals surface area contributed by atoms with E-state index in [1.54, 1.807) is 4.90 Å². The molecule has 0 spiro atoms. The molecule has 15 heteroatoms. The number of ether oxygens (including phenoxy) is 2. The second kappa shape index (κ2) is 16.0. The number of nitrogens with two attached hydrogens (primary N) is 1. The zero-order valence-corrected chi connectivity index (χ0v) is 34.4. The summed E-state index contributed by atoms with van der Waals surface area (Å²) in [4.78, 5) is 54.6. The SMILES string of the molecule is CC(C)Oc1ccc(-c2nc(O[C@@H]3C[C@H]4C(=O)C[C@]5(C(=O)NS(=O)(=O)C6CC6)C[C@H]5/C=C\CCCCC[C@H](CC(N)=S)C(=O)N4C3)c3oc4ccccc4c3n2)cc1. The minimum Gasteiger partial charge on any atom is -0.491 e. The van der Waals surface area contributed by atoms with E-state index in [4.69, 9.17) is 41.8 Å². The Balaban J connectivity index is 1.14. The minimum atomic E-state index is -3.85. The molecule has 58 heavy (non-hydrogen) atoms. The molecule has 2 aliphatic carbocycles. The van der Waals surface area contributed by atoms with Gasteiger partial charge in [-0.05, 0) is 94.7 Å². The number of benzene rings is 2. The molecule has 2 saturated carbocycles. The van der Waals surface area contributed by atoms with Crippen molar-refractivity contribution in [3.63, 3.8) is 0 Å². The van der Waals surface area contributed by atoms with Gasteiger partial charge in [0.05, 0.1) is 34.3 Å². The quantitative estimate of drug-likeness (QED) is 0.130. The van der Waals surface area contributed by atoms with E-state index in [2.05, 4.69) is 4.72 Å². The third-order valence-electron chi connectivity index (χ3n) is 11.7. The molecule has 2 amide bonds. The van der Waals surface area contributed by atoms with Gasteiger partial charge in [0.1, 0.15) is 23.0 Å². The van der Waals surface area contributed by atoms with E-state index >= 15 is 0 Å². The zero-order chi connectivity index (χ0) is 40.8. The first-order chi connectivity index (χ1) is 27.8. The Hall–Kier alpha value is -4.89. The third kappa shape index (κ3) is 8.33.